The van der Waals surface area contributed by atoms with Gasteiger partial charge in [0.2, 0.25) is 0 Å². The van der Waals surface area contributed by atoms with Crippen molar-refractivity contribution in [1.82, 2.24) is 19.1 Å². The molecule has 0 bridgehead atoms. The van der Waals surface area contributed by atoms with Gasteiger partial charge in [-0.05, 0) is 25.7 Å². The Kier molecular flexibility index (Phi) is 3.51. The van der Waals surface area contributed by atoms with Crippen molar-refractivity contribution in [2.75, 3.05) is 5.73 Å². The van der Waals surface area contributed by atoms with Gasteiger partial charge in [-0.15, -0.1) is 0 Å². The van der Waals surface area contributed by atoms with Crippen LogP contribution in [0, 0.1) is 0 Å². The maximum absolute atomic E-state index is 6.36. The number of nitrogens with two attached hydrogens (primary N) is 1. The molecule has 0 unspecified atom stereocenters. The highest BCUT2D eigenvalue weighted by Crippen LogP contribution is 2.39. The predicted octanol–water partition coefficient (Wildman–Crippen LogP) is 3.03. The molecule has 1 aliphatic rings. The van der Waals surface area contributed by atoms with Crippen LogP contribution < -0.4 is 5.73 Å². The van der Waals surface area contributed by atoms with Crippen molar-refractivity contribution >= 4 is 5.82 Å². The molecule has 2 heterocycles. The molecule has 1 aliphatic carbocycles. The summed E-state index contributed by atoms with van der Waals surface area (Å²) in [5, 5.41) is 0. The van der Waals surface area contributed by atoms with E-state index in [-0.39, 0.29) is 0 Å². The van der Waals surface area contributed by atoms with E-state index in [2.05, 4.69) is 28.0 Å². The molecule has 5 heteroatoms. The monoisotopic (exact) mass is 273 g/mol. The van der Waals surface area contributed by atoms with Gasteiger partial charge in [0.1, 0.15) is 17.3 Å². The fourth-order valence-corrected chi connectivity index (χ4v) is 2.72. The molecule has 1 saturated carbocycles. The van der Waals surface area contributed by atoms with Gasteiger partial charge in [-0.1, -0.05) is 13.8 Å². The van der Waals surface area contributed by atoms with Crippen LogP contribution in [0.5, 0.6) is 0 Å². The maximum atomic E-state index is 6.36. The van der Waals surface area contributed by atoms with Crippen molar-refractivity contribution in [3.05, 3.63) is 18.3 Å². The van der Waals surface area contributed by atoms with Gasteiger partial charge in [0.25, 0.3) is 0 Å². The lowest BCUT2D eigenvalue weighted by atomic mass is 10.3. The molecule has 2 N–H and O–H groups in total. The molecule has 2 aromatic heterocycles. The zero-order valence-corrected chi connectivity index (χ0v) is 12.3. The molecule has 0 aliphatic heterocycles. The third-order valence-electron chi connectivity index (χ3n) is 3.86. The highest BCUT2D eigenvalue weighted by Gasteiger charge is 2.27. The molecule has 1 fully saturated rings. The van der Waals surface area contributed by atoms with Crippen LogP contribution in [-0.2, 0) is 13.0 Å². The average molecular weight is 273 g/mol. The normalized spacial score (nSPS) is 14.9. The van der Waals surface area contributed by atoms with Gasteiger partial charge in [0, 0.05) is 19.0 Å². The molecule has 20 heavy (non-hydrogen) atoms. The number of aromatic nitrogens is 4. The largest absolute Gasteiger partial charge is 0.383 e. The quantitative estimate of drug-likeness (QED) is 0.880. The fraction of sp³-hybridized carbons (Fsp3) is 0.600. The average Bonchev–Trinajstić information content (AvgIpc) is 3.10. The highest BCUT2D eigenvalue weighted by atomic mass is 15.2. The summed E-state index contributed by atoms with van der Waals surface area (Å²) in [6.45, 7) is 5.28. The lowest BCUT2D eigenvalue weighted by molar-refractivity contribution is 0.637. The van der Waals surface area contributed by atoms with Crippen molar-refractivity contribution < 1.29 is 0 Å². The van der Waals surface area contributed by atoms with Gasteiger partial charge < -0.3 is 14.9 Å². The Morgan fingerprint density at radius 3 is 2.75 bits per heavy atom. The van der Waals surface area contributed by atoms with Gasteiger partial charge in [-0.2, -0.15) is 0 Å². The first-order valence-electron chi connectivity index (χ1n) is 7.63. The second-order valence-electron chi connectivity index (χ2n) is 5.58. The number of hydrogen-bond donors (Lipinski definition) is 1. The van der Waals surface area contributed by atoms with Crippen LogP contribution in [-0.4, -0.2) is 19.1 Å². The molecule has 0 spiro atoms. The van der Waals surface area contributed by atoms with Gasteiger partial charge in [-0.25, -0.2) is 9.97 Å². The lowest BCUT2D eigenvalue weighted by Crippen LogP contribution is -2.07. The zero-order valence-electron chi connectivity index (χ0n) is 12.3. The Balaban J connectivity index is 2.04. The molecule has 0 saturated heterocycles. The van der Waals surface area contributed by atoms with Crippen molar-refractivity contribution in [2.45, 2.75) is 58.5 Å². The third-order valence-corrected chi connectivity index (χ3v) is 3.86. The first kappa shape index (κ1) is 13.2. The summed E-state index contributed by atoms with van der Waals surface area (Å²) in [6.07, 6.45) is 9.40. The Hall–Kier alpha value is -1.78. The molecule has 0 atom stereocenters. The maximum Gasteiger partial charge on any atom is 0.133 e. The number of aryl methyl sites for hydroxylation is 1. The summed E-state index contributed by atoms with van der Waals surface area (Å²) in [5.41, 5.74) is 8.34. The van der Waals surface area contributed by atoms with E-state index in [0.29, 0.717) is 6.04 Å². The number of hydrogen-bond acceptors (Lipinski definition) is 3. The van der Waals surface area contributed by atoms with E-state index in [4.69, 9.17) is 10.7 Å². The minimum atomic E-state index is 0.595. The second kappa shape index (κ2) is 5.31. The van der Waals surface area contributed by atoms with Crippen LogP contribution in [0.25, 0.3) is 11.4 Å². The van der Waals surface area contributed by atoms with Crippen LogP contribution in [0.2, 0.25) is 0 Å². The Morgan fingerprint density at radius 1 is 1.30 bits per heavy atom. The lowest BCUT2D eigenvalue weighted by Gasteiger charge is -2.08. The van der Waals surface area contributed by atoms with Crippen molar-refractivity contribution in [1.29, 1.82) is 0 Å². The summed E-state index contributed by atoms with van der Waals surface area (Å²) >= 11 is 0. The molecule has 0 amide bonds. The number of nitrogen functional groups attached to an aromatic ring is 1. The van der Waals surface area contributed by atoms with E-state index < -0.39 is 0 Å². The standard InChI is InChI=1S/C15H23N5/c1-3-5-13-18-14(15(16)19(13)8-4-2)12-9-17-10-20(12)11-6-7-11/h9-11H,3-8,16H2,1-2H3. The summed E-state index contributed by atoms with van der Waals surface area (Å²) < 4.78 is 4.40. The van der Waals surface area contributed by atoms with E-state index in [1.807, 2.05) is 12.5 Å². The van der Waals surface area contributed by atoms with Gasteiger partial charge in [0.05, 0.1) is 18.2 Å². The summed E-state index contributed by atoms with van der Waals surface area (Å²) in [4.78, 5) is 9.10. The fourth-order valence-electron chi connectivity index (χ4n) is 2.72. The van der Waals surface area contributed by atoms with E-state index >= 15 is 0 Å². The van der Waals surface area contributed by atoms with E-state index in [1.54, 1.807) is 0 Å². The predicted molar refractivity (Wildman–Crippen MR) is 80.4 cm³/mol. The minimum Gasteiger partial charge on any atom is -0.383 e. The van der Waals surface area contributed by atoms with E-state index in [9.17, 15) is 0 Å². The molecule has 3 rings (SSSR count). The van der Waals surface area contributed by atoms with E-state index in [1.165, 1.54) is 12.8 Å². The van der Waals surface area contributed by atoms with Gasteiger partial charge in [0.15, 0.2) is 0 Å². The minimum absolute atomic E-state index is 0.595. The zero-order chi connectivity index (χ0) is 14.1. The first-order valence-corrected chi connectivity index (χ1v) is 7.63. The van der Waals surface area contributed by atoms with Gasteiger partial charge in [-0.3, -0.25) is 0 Å². The Bertz CT molecular complexity index is 591. The SMILES string of the molecule is CCCc1nc(-c2cncn2C2CC2)c(N)n1CCC. The van der Waals surface area contributed by atoms with Crippen molar-refractivity contribution in [3.8, 4) is 11.4 Å². The van der Waals surface area contributed by atoms with Crippen LogP contribution in [0.15, 0.2) is 12.5 Å². The summed E-state index contributed by atoms with van der Waals surface area (Å²) in [7, 11) is 0. The van der Waals surface area contributed by atoms with E-state index in [0.717, 1.165) is 48.8 Å². The van der Waals surface area contributed by atoms with Gasteiger partial charge >= 0.3 is 0 Å². The summed E-state index contributed by atoms with van der Waals surface area (Å²) in [6, 6.07) is 0.595. The third kappa shape index (κ3) is 2.21. The van der Waals surface area contributed by atoms with Crippen molar-refractivity contribution in [2.24, 2.45) is 0 Å². The number of nitrogens with zero attached hydrogens (tertiary/aromatic N) is 4. The number of rotatable bonds is 6. The molecule has 0 aromatic carbocycles. The molecular formula is C15H23N5. The molecule has 2 aromatic rings. The van der Waals surface area contributed by atoms with Crippen LogP contribution in [0.1, 0.15) is 51.4 Å². The van der Waals surface area contributed by atoms with Crippen LogP contribution in [0.4, 0.5) is 5.82 Å². The molecule has 5 nitrogen and oxygen atoms in total. The Morgan fingerprint density at radius 2 is 2.10 bits per heavy atom. The van der Waals surface area contributed by atoms with Crippen molar-refractivity contribution in [3.63, 3.8) is 0 Å². The topological polar surface area (TPSA) is 61.7 Å². The molecule has 108 valence electrons. The molecular weight excluding hydrogens is 250 g/mol. The second-order valence-corrected chi connectivity index (χ2v) is 5.58. The number of anilines is 1. The Labute approximate surface area is 119 Å². The smallest absolute Gasteiger partial charge is 0.133 e. The first-order chi connectivity index (χ1) is 9.76. The number of imidazole rings is 2. The summed E-state index contributed by atoms with van der Waals surface area (Å²) in [5.74, 6) is 1.89. The molecule has 0 radical (unpaired) electrons. The van der Waals surface area contributed by atoms with Crippen LogP contribution >= 0.6 is 0 Å². The highest BCUT2D eigenvalue weighted by molar-refractivity contribution is 5.68. The van der Waals surface area contributed by atoms with Crippen LogP contribution in [0.3, 0.4) is 0 Å².